The lowest BCUT2D eigenvalue weighted by atomic mass is 10.0. The maximum atomic E-state index is 13.0. The minimum Gasteiger partial charge on any atom is -0.372 e. The molecular weight excluding hydrogens is 479 g/mol. The number of carbonyl (C=O) groups excluding carboxylic acids is 1. The standard InChI is InChI=1S/C25H27ClF3N5O/c1-15(2)22(31-20-12-9-17(14-19(20)26)25(27,28)29)24(35)30-18-10-7-16(8-11-18)23-33-32-21-6-4-3-5-13-34(21)23/h7-12,14-15,22,31H,3-6,13H2,1-2H3,(H,30,35)/t22-/m0/s1. The van der Waals surface area contributed by atoms with E-state index in [4.69, 9.17) is 11.6 Å². The zero-order valence-corrected chi connectivity index (χ0v) is 20.2. The summed E-state index contributed by atoms with van der Waals surface area (Å²) in [4.78, 5) is 13.0. The van der Waals surface area contributed by atoms with E-state index in [1.807, 2.05) is 26.0 Å². The molecule has 2 N–H and O–H groups in total. The van der Waals surface area contributed by atoms with Crippen LogP contribution >= 0.6 is 11.6 Å². The second kappa shape index (κ2) is 10.3. The molecule has 0 spiro atoms. The fourth-order valence-corrected chi connectivity index (χ4v) is 4.37. The van der Waals surface area contributed by atoms with Gasteiger partial charge in [-0.3, -0.25) is 4.79 Å². The van der Waals surface area contributed by atoms with Crippen molar-refractivity contribution in [2.75, 3.05) is 10.6 Å². The molecule has 0 saturated carbocycles. The maximum absolute atomic E-state index is 13.0. The second-order valence-electron chi connectivity index (χ2n) is 9.03. The van der Waals surface area contributed by atoms with Crippen LogP contribution in [-0.2, 0) is 23.9 Å². The number of fused-ring (bicyclic) bond motifs is 1. The van der Waals surface area contributed by atoms with Gasteiger partial charge in [-0.15, -0.1) is 10.2 Å². The van der Waals surface area contributed by atoms with E-state index >= 15 is 0 Å². The number of anilines is 2. The fourth-order valence-electron chi connectivity index (χ4n) is 4.13. The summed E-state index contributed by atoms with van der Waals surface area (Å²) < 4.78 is 40.9. The van der Waals surface area contributed by atoms with Crippen LogP contribution in [0.2, 0.25) is 5.02 Å². The highest BCUT2D eigenvalue weighted by Crippen LogP contribution is 2.34. The van der Waals surface area contributed by atoms with Crippen molar-refractivity contribution in [3.05, 3.63) is 58.9 Å². The van der Waals surface area contributed by atoms with Crippen LogP contribution in [0.1, 0.15) is 44.5 Å². The van der Waals surface area contributed by atoms with Gasteiger partial charge in [-0.05, 0) is 61.2 Å². The van der Waals surface area contributed by atoms with Gasteiger partial charge in [0, 0.05) is 24.2 Å². The van der Waals surface area contributed by atoms with Crippen molar-refractivity contribution in [2.45, 2.75) is 58.3 Å². The number of aromatic nitrogens is 3. The molecule has 0 radical (unpaired) electrons. The highest BCUT2D eigenvalue weighted by molar-refractivity contribution is 6.33. The molecule has 4 rings (SSSR count). The molecular formula is C25H27ClF3N5O. The van der Waals surface area contributed by atoms with Gasteiger partial charge < -0.3 is 15.2 Å². The average Bonchev–Trinajstić information content (AvgIpc) is 3.05. The third kappa shape index (κ3) is 5.78. The van der Waals surface area contributed by atoms with Gasteiger partial charge in [0.05, 0.1) is 16.3 Å². The Labute approximate surface area is 206 Å². The summed E-state index contributed by atoms with van der Waals surface area (Å²) in [6.07, 6.45) is -0.178. The molecule has 6 nitrogen and oxygen atoms in total. The molecule has 186 valence electrons. The van der Waals surface area contributed by atoms with E-state index in [0.29, 0.717) is 5.69 Å². The van der Waals surface area contributed by atoms with Crippen molar-refractivity contribution >= 4 is 28.9 Å². The number of carbonyl (C=O) groups is 1. The average molecular weight is 506 g/mol. The summed E-state index contributed by atoms with van der Waals surface area (Å²) in [5.74, 6) is 1.35. The number of alkyl halides is 3. The molecule has 3 aromatic rings. The molecule has 2 aromatic carbocycles. The van der Waals surface area contributed by atoms with E-state index in [-0.39, 0.29) is 22.5 Å². The van der Waals surface area contributed by atoms with Gasteiger partial charge in [-0.1, -0.05) is 31.9 Å². The summed E-state index contributed by atoms with van der Waals surface area (Å²) >= 11 is 6.07. The molecule has 10 heteroatoms. The van der Waals surface area contributed by atoms with Gasteiger partial charge >= 0.3 is 6.18 Å². The van der Waals surface area contributed by atoms with Crippen LogP contribution in [0, 0.1) is 5.92 Å². The molecule has 1 amide bonds. The van der Waals surface area contributed by atoms with Gasteiger partial charge in [0.15, 0.2) is 5.82 Å². The molecule has 1 atom stereocenters. The van der Waals surface area contributed by atoms with Crippen molar-refractivity contribution in [2.24, 2.45) is 5.92 Å². The predicted molar refractivity (Wildman–Crippen MR) is 130 cm³/mol. The number of rotatable bonds is 6. The van der Waals surface area contributed by atoms with E-state index in [1.165, 1.54) is 12.5 Å². The van der Waals surface area contributed by atoms with Crippen molar-refractivity contribution < 1.29 is 18.0 Å². The first-order chi connectivity index (χ1) is 16.6. The molecule has 0 aliphatic carbocycles. The minimum atomic E-state index is -4.49. The van der Waals surface area contributed by atoms with Crippen LogP contribution in [0.3, 0.4) is 0 Å². The Morgan fingerprint density at radius 1 is 1.06 bits per heavy atom. The van der Waals surface area contributed by atoms with Crippen molar-refractivity contribution in [1.82, 2.24) is 14.8 Å². The van der Waals surface area contributed by atoms with Crippen LogP contribution in [0.5, 0.6) is 0 Å². The van der Waals surface area contributed by atoms with E-state index in [1.54, 1.807) is 12.1 Å². The van der Waals surface area contributed by atoms with Gasteiger partial charge in [0.25, 0.3) is 0 Å². The first kappa shape index (κ1) is 25.0. The Bertz CT molecular complexity index is 1190. The number of amides is 1. The third-order valence-corrected chi connectivity index (χ3v) is 6.39. The number of aryl methyl sites for hydroxylation is 1. The first-order valence-electron chi connectivity index (χ1n) is 11.6. The van der Waals surface area contributed by atoms with Crippen molar-refractivity contribution in [1.29, 1.82) is 0 Å². The molecule has 1 aliphatic heterocycles. The molecule has 0 fully saturated rings. The van der Waals surface area contributed by atoms with Crippen LogP contribution in [0.15, 0.2) is 42.5 Å². The van der Waals surface area contributed by atoms with E-state index in [2.05, 4.69) is 25.4 Å². The number of hydrogen-bond donors (Lipinski definition) is 2. The number of hydrogen-bond acceptors (Lipinski definition) is 4. The van der Waals surface area contributed by atoms with Gasteiger partial charge in [0.1, 0.15) is 11.9 Å². The normalized spacial score (nSPS) is 14.8. The third-order valence-electron chi connectivity index (χ3n) is 6.08. The monoisotopic (exact) mass is 505 g/mol. The zero-order valence-electron chi connectivity index (χ0n) is 19.5. The topological polar surface area (TPSA) is 71.8 Å². The van der Waals surface area contributed by atoms with Crippen LogP contribution in [0.4, 0.5) is 24.5 Å². The lowest BCUT2D eigenvalue weighted by molar-refractivity contribution is -0.137. The number of nitrogens with one attached hydrogen (secondary N) is 2. The number of nitrogens with zero attached hydrogens (tertiary/aromatic N) is 3. The Hall–Kier alpha value is -3.07. The summed E-state index contributed by atoms with van der Waals surface area (Å²) in [7, 11) is 0. The summed E-state index contributed by atoms with van der Waals surface area (Å²) in [5, 5.41) is 14.5. The summed E-state index contributed by atoms with van der Waals surface area (Å²) in [6.45, 7) is 4.58. The van der Waals surface area contributed by atoms with Crippen molar-refractivity contribution in [3.63, 3.8) is 0 Å². The highest BCUT2D eigenvalue weighted by atomic mass is 35.5. The minimum absolute atomic E-state index is 0.102. The van der Waals surface area contributed by atoms with E-state index in [9.17, 15) is 18.0 Å². The first-order valence-corrected chi connectivity index (χ1v) is 12.0. The highest BCUT2D eigenvalue weighted by Gasteiger charge is 2.31. The van der Waals surface area contributed by atoms with Crippen LogP contribution < -0.4 is 10.6 Å². The number of halogens is 4. The van der Waals surface area contributed by atoms with Gasteiger partial charge in [0.2, 0.25) is 5.91 Å². The molecule has 0 bridgehead atoms. The fraction of sp³-hybridized carbons (Fsp3) is 0.400. The maximum Gasteiger partial charge on any atom is 0.416 e. The predicted octanol–water partition coefficient (Wildman–Crippen LogP) is 6.42. The Morgan fingerprint density at radius 3 is 2.46 bits per heavy atom. The summed E-state index contributed by atoms with van der Waals surface area (Å²) in [5.41, 5.74) is 0.929. The Balaban J connectivity index is 1.46. The SMILES string of the molecule is CC(C)[C@H](Nc1ccc(C(F)(F)F)cc1Cl)C(=O)Nc1ccc(-c2nnc3n2CCCCC3)cc1. The largest absolute Gasteiger partial charge is 0.416 e. The summed E-state index contributed by atoms with van der Waals surface area (Å²) in [6, 6.07) is 9.70. The zero-order chi connectivity index (χ0) is 25.2. The molecule has 0 saturated heterocycles. The molecule has 1 aromatic heterocycles. The van der Waals surface area contributed by atoms with Gasteiger partial charge in [-0.2, -0.15) is 13.2 Å². The van der Waals surface area contributed by atoms with Crippen LogP contribution in [0.25, 0.3) is 11.4 Å². The number of benzene rings is 2. The second-order valence-corrected chi connectivity index (χ2v) is 9.43. The smallest absolute Gasteiger partial charge is 0.372 e. The lowest BCUT2D eigenvalue weighted by Crippen LogP contribution is -2.39. The van der Waals surface area contributed by atoms with Crippen molar-refractivity contribution in [3.8, 4) is 11.4 Å². The van der Waals surface area contributed by atoms with E-state index < -0.39 is 17.8 Å². The lowest BCUT2D eigenvalue weighted by Gasteiger charge is -2.24. The quantitative estimate of drug-likeness (QED) is 0.405. The van der Waals surface area contributed by atoms with Crippen LogP contribution in [-0.4, -0.2) is 26.7 Å². The molecule has 35 heavy (non-hydrogen) atoms. The molecule has 0 unspecified atom stereocenters. The molecule has 1 aliphatic rings. The Kier molecular flexibility index (Phi) is 7.35. The van der Waals surface area contributed by atoms with E-state index in [0.717, 1.165) is 55.2 Å². The Morgan fingerprint density at radius 2 is 1.80 bits per heavy atom. The van der Waals surface area contributed by atoms with Gasteiger partial charge in [-0.25, -0.2) is 0 Å². The molecule has 2 heterocycles.